The molecule has 6 nitrogen and oxygen atoms in total. The van der Waals surface area contributed by atoms with Crippen LogP contribution in [-0.4, -0.2) is 16.5 Å². The van der Waals surface area contributed by atoms with Crippen molar-refractivity contribution in [3.63, 3.8) is 0 Å². The number of fused-ring (bicyclic) bond motifs is 2. The number of rotatable bonds is 5. The van der Waals surface area contributed by atoms with Crippen LogP contribution in [0.15, 0.2) is 45.9 Å². The Morgan fingerprint density at radius 3 is 2.70 bits per heavy atom. The topological polar surface area (TPSA) is 81.4 Å². The van der Waals surface area contributed by atoms with Gasteiger partial charge in [-0.05, 0) is 86.8 Å². The molecule has 1 aliphatic carbocycles. The highest BCUT2D eigenvalue weighted by molar-refractivity contribution is 5.84. The maximum absolute atomic E-state index is 12.8. The van der Waals surface area contributed by atoms with Gasteiger partial charge < -0.3 is 14.5 Å². The highest BCUT2D eigenvalue weighted by Gasteiger charge is 2.37. The van der Waals surface area contributed by atoms with E-state index in [1.165, 1.54) is 24.8 Å². The van der Waals surface area contributed by atoms with Gasteiger partial charge in [0.1, 0.15) is 16.9 Å². The molecule has 0 bridgehead atoms. The standard InChI is InChI=1S/C27H30N2O4/c1-18-21(5-6-25(30)29-17-19-8-13-28-14-9-19)26(31)32-24-16-23-20(15-22(18)24)7-12-27(33-23)10-3-2-4-11-27/h8-9,13-16H,2-7,10-12,17H2,1H3,(H,29,30). The van der Waals surface area contributed by atoms with Crippen LogP contribution in [0.1, 0.15) is 67.2 Å². The molecule has 33 heavy (non-hydrogen) atoms. The minimum absolute atomic E-state index is 0.0438. The van der Waals surface area contributed by atoms with E-state index in [4.69, 9.17) is 9.15 Å². The zero-order chi connectivity index (χ0) is 22.8. The minimum Gasteiger partial charge on any atom is -0.487 e. The third kappa shape index (κ3) is 4.52. The molecule has 2 aliphatic rings. The normalized spacial score (nSPS) is 16.9. The molecule has 1 fully saturated rings. The van der Waals surface area contributed by atoms with Crippen LogP contribution in [0.5, 0.6) is 5.75 Å². The van der Waals surface area contributed by atoms with Crippen molar-refractivity contribution in [2.75, 3.05) is 0 Å². The molecule has 3 heterocycles. The molecule has 5 rings (SSSR count). The summed E-state index contributed by atoms with van der Waals surface area (Å²) in [5.74, 6) is 0.767. The Labute approximate surface area is 193 Å². The summed E-state index contributed by atoms with van der Waals surface area (Å²) in [7, 11) is 0. The number of pyridine rings is 1. The Morgan fingerprint density at radius 1 is 1.12 bits per heavy atom. The van der Waals surface area contributed by atoms with Crippen LogP contribution in [0.25, 0.3) is 11.0 Å². The van der Waals surface area contributed by atoms with Crippen LogP contribution in [0.2, 0.25) is 0 Å². The number of ether oxygens (including phenoxy) is 1. The first-order valence-electron chi connectivity index (χ1n) is 12.0. The average molecular weight is 447 g/mol. The number of carbonyl (C=O) groups is 1. The summed E-state index contributed by atoms with van der Waals surface area (Å²) >= 11 is 0. The second-order valence-corrected chi connectivity index (χ2v) is 9.43. The maximum Gasteiger partial charge on any atom is 0.339 e. The van der Waals surface area contributed by atoms with E-state index < -0.39 is 0 Å². The van der Waals surface area contributed by atoms with Crippen molar-refractivity contribution in [1.29, 1.82) is 0 Å². The molecule has 0 saturated heterocycles. The van der Waals surface area contributed by atoms with E-state index >= 15 is 0 Å². The van der Waals surface area contributed by atoms with Gasteiger partial charge in [-0.3, -0.25) is 9.78 Å². The molecule has 0 unspecified atom stereocenters. The minimum atomic E-state index is -0.370. The molecule has 1 spiro atoms. The predicted octanol–water partition coefficient (Wildman–Crippen LogP) is 4.77. The summed E-state index contributed by atoms with van der Waals surface area (Å²) in [6.07, 6.45) is 11.9. The van der Waals surface area contributed by atoms with Crippen molar-refractivity contribution in [2.45, 2.75) is 76.9 Å². The Morgan fingerprint density at radius 2 is 1.91 bits per heavy atom. The molecule has 1 aromatic carbocycles. The van der Waals surface area contributed by atoms with Crippen molar-refractivity contribution in [2.24, 2.45) is 0 Å². The largest absolute Gasteiger partial charge is 0.487 e. The highest BCUT2D eigenvalue weighted by Crippen LogP contribution is 2.43. The number of benzene rings is 1. The van der Waals surface area contributed by atoms with E-state index in [2.05, 4.69) is 16.4 Å². The van der Waals surface area contributed by atoms with Gasteiger partial charge in [0.05, 0.1) is 0 Å². The Hall–Kier alpha value is -3.15. The fourth-order valence-corrected chi connectivity index (χ4v) is 5.26. The summed E-state index contributed by atoms with van der Waals surface area (Å²) in [4.78, 5) is 29.1. The number of carbonyl (C=O) groups excluding carboxylic acids is 1. The quantitative estimate of drug-likeness (QED) is 0.571. The smallest absolute Gasteiger partial charge is 0.339 e. The van der Waals surface area contributed by atoms with Crippen LogP contribution >= 0.6 is 0 Å². The van der Waals surface area contributed by atoms with Gasteiger partial charge >= 0.3 is 5.63 Å². The Kier molecular flexibility index (Phi) is 5.92. The van der Waals surface area contributed by atoms with E-state index in [9.17, 15) is 9.59 Å². The second kappa shape index (κ2) is 9.00. The molecular formula is C27H30N2O4. The number of hydrogen-bond acceptors (Lipinski definition) is 5. The molecule has 0 atom stereocenters. The van der Waals surface area contributed by atoms with Crippen LogP contribution in [0.4, 0.5) is 0 Å². The van der Waals surface area contributed by atoms with Crippen molar-refractivity contribution >= 4 is 16.9 Å². The van der Waals surface area contributed by atoms with Crippen molar-refractivity contribution in [3.8, 4) is 5.75 Å². The summed E-state index contributed by atoms with van der Waals surface area (Å²) in [6, 6.07) is 7.75. The SMILES string of the molecule is Cc1c(CCC(=O)NCc2ccncc2)c(=O)oc2cc3c(cc12)CCC1(CCCCC1)O3. The number of nitrogens with zero attached hydrogens (tertiary/aromatic N) is 1. The van der Waals surface area contributed by atoms with Crippen LogP contribution in [-0.2, 0) is 24.2 Å². The van der Waals surface area contributed by atoms with E-state index in [0.717, 1.165) is 47.9 Å². The third-order valence-corrected chi connectivity index (χ3v) is 7.25. The lowest BCUT2D eigenvalue weighted by Gasteiger charge is -2.41. The van der Waals surface area contributed by atoms with E-state index in [-0.39, 0.29) is 23.6 Å². The molecule has 2 aromatic heterocycles. The van der Waals surface area contributed by atoms with Gasteiger partial charge in [-0.25, -0.2) is 4.79 Å². The summed E-state index contributed by atoms with van der Waals surface area (Å²) in [5, 5.41) is 3.83. The average Bonchev–Trinajstić information content (AvgIpc) is 2.83. The summed E-state index contributed by atoms with van der Waals surface area (Å²) < 4.78 is 12.2. The van der Waals surface area contributed by atoms with Crippen LogP contribution in [0.3, 0.4) is 0 Å². The fraction of sp³-hybridized carbons (Fsp3) is 0.444. The van der Waals surface area contributed by atoms with Crippen LogP contribution in [0, 0.1) is 6.92 Å². The molecule has 1 N–H and O–H groups in total. The zero-order valence-corrected chi connectivity index (χ0v) is 19.1. The van der Waals surface area contributed by atoms with E-state index in [0.29, 0.717) is 24.1 Å². The number of hydrogen-bond donors (Lipinski definition) is 1. The van der Waals surface area contributed by atoms with Gasteiger partial charge in [-0.1, -0.05) is 6.42 Å². The van der Waals surface area contributed by atoms with E-state index in [1.54, 1.807) is 12.4 Å². The van der Waals surface area contributed by atoms with Gasteiger partial charge in [-0.15, -0.1) is 0 Å². The van der Waals surface area contributed by atoms with Gasteiger partial charge in [0.2, 0.25) is 5.91 Å². The number of aryl methyl sites for hydroxylation is 2. The molecule has 172 valence electrons. The molecule has 0 radical (unpaired) electrons. The molecule has 1 aliphatic heterocycles. The molecule has 1 saturated carbocycles. The summed E-state index contributed by atoms with van der Waals surface area (Å²) in [6.45, 7) is 2.39. The lowest BCUT2D eigenvalue weighted by atomic mass is 9.79. The van der Waals surface area contributed by atoms with Gasteiger partial charge in [0.15, 0.2) is 0 Å². The van der Waals surface area contributed by atoms with Gasteiger partial charge in [0, 0.05) is 42.4 Å². The van der Waals surface area contributed by atoms with Crippen molar-refractivity contribution in [3.05, 3.63) is 69.3 Å². The molecule has 3 aromatic rings. The number of aromatic nitrogens is 1. The van der Waals surface area contributed by atoms with E-state index in [1.807, 2.05) is 25.1 Å². The van der Waals surface area contributed by atoms with Gasteiger partial charge in [0.25, 0.3) is 0 Å². The monoisotopic (exact) mass is 446 g/mol. The second-order valence-electron chi connectivity index (χ2n) is 9.43. The van der Waals surface area contributed by atoms with Crippen LogP contribution < -0.4 is 15.7 Å². The molecule has 6 heteroatoms. The zero-order valence-electron chi connectivity index (χ0n) is 19.1. The highest BCUT2D eigenvalue weighted by atomic mass is 16.5. The lowest BCUT2D eigenvalue weighted by Crippen LogP contribution is -2.41. The first kappa shape index (κ1) is 21.7. The van der Waals surface area contributed by atoms with Gasteiger partial charge in [-0.2, -0.15) is 0 Å². The maximum atomic E-state index is 12.8. The lowest BCUT2D eigenvalue weighted by molar-refractivity contribution is -0.121. The molecule has 1 amide bonds. The first-order valence-corrected chi connectivity index (χ1v) is 12.0. The Balaban J connectivity index is 1.33. The van der Waals surface area contributed by atoms with Crippen molar-refractivity contribution < 1.29 is 13.9 Å². The predicted molar refractivity (Wildman–Crippen MR) is 126 cm³/mol. The molecular weight excluding hydrogens is 416 g/mol. The fourth-order valence-electron chi connectivity index (χ4n) is 5.26. The third-order valence-electron chi connectivity index (χ3n) is 7.25. The first-order chi connectivity index (χ1) is 16.0. The summed E-state index contributed by atoms with van der Waals surface area (Å²) in [5.41, 5.74) is 3.78. The number of amides is 1. The van der Waals surface area contributed by atoms with Crippen molar-refractivity contribution in [1.82, 2.24) is 10.3 Å². The number of nitrogens with one attached hydrogen (secondary N) is 1. The Bertz CT molecular complexity index is 1230.